The van der Waals surface area contributed by atoms with Gasteiger partial charge in [0.2, 0.25) is 5.91 Å². The molecule has 180 valence electrons. The van der Waals surface area contributed by atoms with Crippen molar-refractivity contribution in [2.24, 2.45) is 0 Å². The molecule has 0 saturated carbocycles. The highest BCUT2D eigenvalue weighted by Gasteiger charge is 2.52. The second-order valence-electron chi connectivity index (χ2n) is 7.69. The Morgan fingerprint density at radius 2 is 1.52 bits per heavy atom. The molecule has 0 N–H and O–H groups in total. The van der Waals surface area contributed by atoms with Crippen molar-refractivity contribution in [2.75, 3.05) is 6.61 Å². The van der Waals surface area contributed by atoms with Crippen molar-refractivity contribution in [3.05, 3.63) is 35.9 Å². The lowest BCUT2D eigenvalue weighted by molar-refractivity contribution is -0.236. The van der Waals surface area contributed by atoms with E-state index in [1.165, 1.54) is 32.6 Å². The standard InChI is InChI=1S/C23H29NO9/c1-14(26)24(12-18-8-6-5-7-9-18)21-19(10-11-25)33-20(13-30-15(2)27)22(31-16(3)28)23(21)32-17(4)29/h5-9,11,19-23H,10,12-13H2,1-4H3/t19-,20-,21+,22+,23?/m1/s1. The van der Waals surface area contributed by atoms with Gasteiger partial charge in [-0.2, -0.15) is 0 Å². The van der Waals surface area contributed by atoms with Gasteiger partial charge in [0, 0.05) is 40.7 Å². The fourth-order valence-electron chi connectivity index (χ4n) is 3.87. The number of rotatable bonds is 9. The number of nitrogens with zero attached hydrogens (tertiary/aromatic N) is 1. The molecule has 1 amide bonds. The molecule has 0 aromatic heterocycles. The maximum atomic E-state index is 12.7. The lowest BCUT2D eigenvalue weighted by Crippen LogP contribution is -2.66. The zero-order chi connectivity index (χ0) is 24.5. The van der Waals surface area contributed by atoms with Crippen LogP contribution in [0.2, 0.25) is 0 Å². The Morgan fingerprint density at radius 3 is 2.03 bits per heavy atom. The largest absolute Gasteiger partial charge is 0.463 e. The Kier molecular flexibility index (Phi) is 9.53. The highest BCUT2D eigenvalue weighted by Crippen LogP contribution is 2.32. The third-order valence-corrected chi connectivity index (χ3v) is 5.10. The molecule has 10 heteroatoms. The van der Waals surface area contributed by atoms with Crippen molar-refractivity contribution in [1.82, 2.24) is 4.90 Å². The van der Waals surface area contributed by atoms with Crippen molar-refractivity contribution in [3.63, 3.8) is 0 Å². The van der Waals surface area contributed by atoms with Gasteiger partial charge in [0.05, 0.1) is 12.1 Å². The summed E-state index contributed by atoms with van der Waals surface area (Å²) in [5.74, 6) is -2.31. The van der Waals surface area contributed by atoms with Gasteiger partial charge in [0.25, 0.3) is 0 Å². The average Bonchev–Trinajstić information content (AvgIpc) is 2.73. The monoisotopic (exact) mass is 463 g/mol. The summed E-state index contributed by atoms with van der Waals surface area (Å²) in [4.78, 5) is 60.9. The van der Waals surface area contributed by atoms with E-state index in [4.69, 9.17) is 18.9 Å². The minimum absolute atomic E-state index is 0.135. The van der Waals surface area contributed by atoms with E-state index in [0.29, 0.717) is 6.29 Å². The smallest absolute Gasteiger partial charge is 0.303 e. The zero-order valence-corrected chi connectivity index (χ0v) is 19.1. The third kappa shape index (κ3) is 7.38. The van der Waals surface area contributed by atoms with Crippen LogP contribution in [0.15, 0.2) is 30.3 Å². The molecular formula is C23H29NO9. The van der Waals surface area contributed by atoms with Crippen LogP contribution in [0.1, 0.15) is 39.7 Å². The maximum absolute atomic E-state index is 12.7. The van der Waals surface area contributed by atoms with Crippen LogP contribution in [0, 0.1) is 0 Å². The van der Waals surface area contributed by atoms with E-state index in [0.717, 1.165) is 5.56 Å². The number of hydrogen-bond acceptors (Lipinski definition) is 9. The van der Waals surface area contributed by atoms with Gasteiger partial charge in [-0.05, 0) is 5.56 Å². The number of aldehydes is 1. The van der Waals surface area contributed by atoms with Gasteiger partial charge >= 0.3 is 17.9 Å². The summed E-state index contributed by atoms with van der Waals surface area (Å²) in [7, 11) is 0. The normalized spacial score (nSPS) is 24.3. The molecule has 1 saturated heterocycles. The summed E-state index contributed by atoms with van der Waals surface area (Å²) < 4.78 is 22.0. The maximum Gasteiger partial charge on any atom is 0.303 e. The van der Waals surface area contributed by atoms with E-state index >= 15 is 0 Å². The molecule has 0 spiro atoms. The molecular weight excluding hydrogens is 434 g/mol. The summed E-state index contributed by atoms with van der Waals surface area (Å²) in [5.41, 5.74) is 0.796. The Hall–Kier alpha value is -3.27. The van der Waals surface area contributed by atoms with E-state index < -0.39 is 48.4 Å². The molecule has 1 heterocycles. The lowest BCUT2D eigenvalue weighted by Gasteiger charge is -2.48. The van der Waals surface area contributed by atoms with E-state index in [-0.39, 0.29) is 25.5 Å². The van der Waals surface area contributed by atoms with Crippen LogP contribution in [0.3, 0.4) is 0 Å². The molecule has 1 aromatic carbocycles. The summed E-state index contributed by atoms with van der Waals surface area (Å²) >= 11 is 0. The van der Waals surface area contributed by atoms with Gasteiger partial charge < -0.3 is 28.6 Å². The molecule has 5 atom stereocenters. The van der Waals surface area contributed by atoms with Crippen molar-refractivity contribution in [1.29, 1.82) is 0 Å². The van der Waals surface area contributed by atoms with E-state index in [1.807, 2.05) is 30.3 Å². The number of ether oxygens (including phenoxy) is 4. The highest BCUT2D eigenvalue weighted by molar-refractivity contribution is 5.74. The topological polar surface area (TPSA) is 126 Å². The number of carbonyl (C=O) groups excluding carboxylic acids is 5. The van der Waals surface area contributed by atoms with Gasteiger partial charge in [-0.15, -0.1) is 0 Å². The molecule has 1 aliphatic rings. The van der Waals surface area contributed by atoms with E-state index in [2.05, 4.69) is 0 Å². The number of esters is 3. The molecule has 2 rings (SSSR count). The molecule has 1 aliphatic heterocycles. The Bertz CT molecular complexity index is 857. The first-order chi connectivity index (χ1) is 15.6. The van der Waals surface area contributed by atoms with Gasteiger partial charge in [0.1, 0.15) is 19.0 Å². The van der Waals surface area contributed by atoms with Gasteiger partial charge in [-0.25, -0.2) is 0 Å². The second-order valence-corrected chi connectivity index (χ2v) is 7.69. The zero-order valence-electron chi connectivity index (χ0n) is 19.1. The molecule has 0 bridgehead atoms. The average molecular weight is 463 g/mol. The van der Waals surface area contributed by atoms with Gasteiger partial charge in [-0.1, -0.05) is 30.3 Å². The van der Waals surface area contributed by atoms with Crippen LogP contribution in [0.4, 0.5) is 0 Å². The molecule has 0 aliphatic carbocycles. The SMILES string of the molecule is CC(=O)OC[C@H]1O[C@H](CC=O)[C@H](N(Cc2ccccc2)C(C)=O)C(OC(C)=O)[C@H]1OC(C)=O. The predicted octanol–water partition coefficient (Wildman–Crippen LogP) is 1.19. The van der Waals surface area contributed by atoms with Crippen LogP contribution < -0.4 is 0 Å². The lowest BCUT2D eigenvalue weighted by atomic mass is 9.89. The fraction of sp³-hybridized carbons (Fsp3) is 0.522. The molecule has 0 radical (unpaired) electrons. The van der Waals surface area contributed by atoms with Crippen molar-refractivity contribution in [3.8, 4) is 0 Å². The molecule has 1 unspecified atom stereocenters. The minimum atomic E-state index is -1.18. The van der Waals surface area contributed by atoms with Gasteiger partial charge in [0.15, 0.2) is 12.2 Å². The number of carbonyl (C=O) groups is 5. The number of amides is 1. The first kappa shape index (κ1) is 26.0. The van der Waals surface area contributed by atoms with Crippen molar-refractivity contribution < 1.29 is 42.9 Å². The van der Waals surface area contributed by atoms with E-state index in [1.54, 1.807) is 0 Å². The van der Waals surface area contributed by atoms with Crippen LogP contribution >= 0.6 is 0 Å². The van der Waals surface area contributed by atoms with Crippen LogP contribution in [-0.2, 0) is 49.5 Å². The first-order valence-corrected chi connectivity index (χ1v) is 10.5. The molecule has 1 fully saturated rings. The Labute approximate surface area is 192 Å². The quantitative estimate of drug-likeness (QED) is 0.301. The van der Waals surface area contributed by atoms with Crippen molar-refractivity contribution >= 4 is 30.1 Å². The summed E-state index contributed by atoms with van der Waals surface area (Å²) in [6, 6.07) is 8.15. The number of benzene rings is 1. The van der Waals surface area contributed by atoms with Crippen molar-refractivity contribution in [2.45, 2.75) is 71.1 Å². The fourth-order valence-corrected chi connectivity index (χ4v) is 3.87. The summed E-state index contributed by atoms with van der Waals surface area (Å²) in [6.07, 6.45) is -3.79. The van der Waals surface area contributed by atoms with Crippen LogP contribution in [0.25, 0.3) is 0 Å². The molecule has 1 aromatic rings. The van der Waals surface area contributed by atoms with Crippen LogP contribution in [-0.4, -0.2) is 72.1 Å². The summed E-state index contributed by atoms with van der Waals surface area (Å²) in [5, 5.41) is 0. The predicted molar refractivity (Wildman–Crippen MR) is 114 cm³/mol. The highest BCUT2D eigenvalue weighted by atomic mass is 16.6. The molecule has 33 heavy (non-hydrogen) atoms. The van der Waals surface area contributed by atoms with Crippen LogP contribution in [0.5, 0.6) is 0 Å². The molecule has 10 nitrogen and oxygen atoms in total. The first-order valence-electron chi connectivity index (χ1n) is 10.5. The summed E-state index contributed by atoms with van der Waals surface area (Å²) in [6.45, 7) is 4.74. The third-order valence-electron chi connectivity index (χ3n) is 5.10. The second kappa shape index (κ2) is 12.1. The van der Waals surface area contributed by atoms with Gasteiger partial charge in [-0.3, -0.25) is 19.2 Å². The number of hydrogen-bond donors (Lipinski definition) is 0. The van der Waals surface area contributed by atoms with E-state index in [9.17, 15) is 24.0 Å². The Morgan fingerprint density at radius 1 is 0.909 bits per heavy atom. The minimum Gasteiger partial charge on any atom is -0.463 e. The Balaban J connectivity index is 2.54.